The molecule has 2 fully saturated rings. The van der Waals surface area contributed by atoms with Crippen LogP contribution in [0.15, 0.2) is 0 Å². The third-order valence-electron chi connectivity index (χ3n) is 4.82. The summed E-state index contributed by atoms with van der Waals surface area (Å²) in [6.07, 6.45) is 7.17. The van der Waals surface area contributed by atoms with Gasteiger partial charge in [0.15, 0.2) is 0 Å². The molecule has 0 radical (unpaired) electrons. The second kappa shape index (κ2) is 7.59. The van der Waals surface area contributed by atoms with E-state index >= 15 is 0 Å². The molecule has 1 aliphatic heterocycles. The van der Waals surface area contributed by atoms with Crippen molar-refractivity contribution in [3.8, 4) is 0 Å². The van der Waals surface area contributed by atoms with Crippen molar-refractivity contribution in [2.24, 2.45) is 5.92 Å². The molecule has 1 heterocycles. The molecule has 0 aromatic carbocycles. The molecule has 2 aliphatic rings. The van der Waals surface area contributed by atoms with Gasteiger partial charge in [0.1, 0.15) is 5.54 Å². The number of carbonyl (C=O) groups is 1. The first-order valence-corrected chi connectivity index (χ1v) is 8.74. The van der Waals surface area contributed by atoms with Crippen LogP contribution >= 0.6 is 0 Å². The van der Waals surface area contributed by atoms with Crippen LogP contribution in [0.25, 0.3) is 0 Å². The third-order valence-corrected chi connectivity index (χ3v) is 4.82. The number of ether oxygens (including phenoxy) is 1. The topological polar surface area (TPSA) is 41.6 Å². The molecule has 4 nitrogen and oxygen atoms in total. The fourth-order valence-electron chi connectivity index (χ4n) is 3.34. The van der Waals surface area contributed by atoms with Gasteiger partial charge in [0.05, 0.1) is 6.61 Å². The van der Waals surface area contributed by atoms with E-state index in [1.54, 1.807) is 0 Å². The van der Waals surface area contributed by atoms with Crippen LogP contribution in [0.3, 0.4) is 0 Å². The Hall–Kier alpha value is -0.610. The molecule has 1 saturated carbocycles. The first-order chi connectivity index (χ1) is 10.1. The fourth-order valence-corrected chi connectivity index (χ4v) is 3.34. The first kappa shape index (κ1) is 16.8. The zero-order valence-electron chi connectivity index (χ0n) is 14.0. The van der Waals surface area contributed by atoms with E-state index in [1.165, 1.54) is 45.2 Å². The summed E-state index contributed by atoms with van der Waals surface area (Å²) in [6.45, 7) is 10.0. The molecule has 1 N–H and O–H groups in total. The average Bonchev–Trinajstić information content (AvgIpc) is 3.14. The van der Waals surface area contributed by atoms with Gasteiger partial charge in [-0.15, -0.1) is 0 Å². The number of rotatable bonds is 9. The van der Waals surface area contributed by atoms with Gasteiger partial charge in [-0.2, -0.15) is 0 Å². The largest absolute Gasteiger partial charge is 0.465 e. The monoisotopic (exact) mass is 296 g/mol. The smallest absolute Gasteiger partial charge is 0.326 e. The summed E-state index contributed by atoms with van der Waals surface area (Å²) in [5.41, 5.74) is -0.514. The molecule has 0 spiro atoms. The number of nitrogens with zero attached hydrogens (tertiary/aromatic N) is 1. The van der Waals surface area contributed by atoms with Crippen LogP contribution < -0.4 is 5.32 Å². The number of nitrogens with one attached hydrogen (secondary N) is 1. The predicted molar refractivity (Wildman–Crippen MR) is 85.3 cm³/mol. The molecule has 21 heavy (non-hydrogen) atoms. The van der Waals surface area contributed by atoms with Crippen LogP contribution in [-0.4, -0.2) is 48.7 Å². The van der Waals surface area contributed by atoms with Crippen molar-refractivity contribution in [3.63, 3.8) is 0 Å². The molecule has 2 rings (SSSR count). The van der Waals surface area contributed by atoms with Gasteiger partial charge >= 0.3 is 5.97 Å². The molecule has 2 atom stereocenters. The van der Waals surface area contributed by atoms with E-state index in [2.05, 4.69) is 17.1 Å². The Kier molecular flexibility index (Phi) is 6.06. The zero-order valence-corrected chi connectivity index (χ0v) is 14.0. The number of carbonyl (C=O) groups excluding carboxylic acids is 1. The molecule has 0 aromatic rings. The minimum absolute atomic E-state index is 0.0822. The summed E-state index contributed by atoms with van der Waals surface area (Å²) in [5.74, 6) is 0.779. The van der Waals surface area contributed by atoms with Crippen molar-refractivity contribution >= 4 is 5.97 Å². The lowest BCUT2D eigenvalue weighted by Gasteiger charge is -2.30. The standard InChI is InChI=1S/C17H32N2O2/c1-4-6-14-9-11-19(13-14)12-10-17(3,16(20)21-5-2)18-15-7-8-15/h14-15,18H,4-13H2,1-3H3. The van der Waals surface area contributed by atoms with E-state index in [1.807, 2.05) is 13.8 Å². The van der Waals surface area contributed by atoms with Crippen LogP contribution in [0.5, 0.6) is 0 Å². The minimum atomic E-state index is -0.514. The van der Waals surface area contributed by atoms with Crippen molar-refractivity contribution in [2.75, 3.05) is 26.2 Å². The molecular weight excluding hydrogens is 264 g/mol. The second-order valence-corrected chi connectivity index (χ2v) is 6.97. The Balaban J connectivity index is 1.82. The molecule has 2 unspecified atom stereocenters. The van der Waals surface area contributed by atoms with E-state index in [-0.39, 0.29) is 5.97 Å². The Labute approximate surface area is 129 Å². The number of hydrogen-bond acceptors (Lipinski definition) is 4. The summed E-state index contributed by atoms with van der Waals surface area (Å²) in [4.78, 5) is 14.8. The first-order valence-electron chi connectivity index (χ1n) is 8.74. The van der Waals surface area contributed by atoms with Gasteiger partial charge in [-0.3, -0.25) is 10.1 Å². The highest BCUT2D eigenvalue weighted by molar-refractivity contribution is 5.80. The van der Waals surface area contributed by atoms with E-state index in [0.717, 1.165) is 18.9 Å². The van der Waals surface area contributed by atoms with Crippen LogP contribution in [0.4, 0.5) is 0 Å². The van der Waals surface area contributed by atoms with Crippen molar-refractivity contribution in [2.45, 2.75) is 70.9 Å². The summed E-state index contributed by atoms with van der Waals surface area (Å²) >= 11 is 0. The van der Waals surface area contributed by atoms with Gasteiger partial charge in [-0.1, -0.05) is 13.3 Å². The molecule has 4 heteroatoms. The maximum atomic E-state index is 12.3. The minimum Gasteiger partial charge on any atom is -0.465 e. The Morgan fingerprint density at radius 3 is 2.71 bits per heavy atom. The lowest BCUT2D eigenvalue weighted by Crippen LogP contribution is -2.53. The molecule has 0 aromatic heterocycles. The lowest BCUT2D eigenvalue weighted by molar-refractivity contribution is -0.151. The lowest BCUT2D eigenvalue weighted by atomic mass is 9.97. The molecule has 0 bridgehead atoms. The van der Waals surface area contributed by atoms with E-state index in [0.29, 0.717) is 12.6 Å². The van der Waals surface area contributed by atoms with Crippen LogP contribution in [-0.2, 0) is 9.53 Å². The van der Waals surface area contributed by atoms with Gasteiger partial charge in [0, 0.05) is 19.1 Å². The average molecular weight is 296 g/mol. The quantitative estimate of drug-likeness (QED) is 0.664. The predicted octanol–water partition coefficient (Wildman–Crippen LogP) is 2.57. The summed E-state index contributed by atoms with van der Waals surface area (Å²) < 4.78 is 5.29. The normalized spacial score (nSPS) is 25.8. The van der Waals surface area contributed by atoms with Gasteiger partial charge in [0.25, 0.3) is 0 Å². The van der Waals surface area contributed by atoms with Crippen molar-refractivity contribution in [1.82, 2.24) is 10.2 Å². The van der Waals surface area contributed by atoms with Crippen LogP contribution in [0.2, 0.25) is 0 Å². The van der Waals surface area contributed by atoms with E-state index in [9.17, 15) is 4.79 Å². The molecule has 1 aliphatic carbocycles. The van der Waals surface area contributed by atoms with Crippen molar-refractivity contribution in [1.29, 1.82) is 0 Å². The summed E-state index contributed by atoms with van der Waals surface area (Å²) in [7, 11) is 0. The highest BCUT2D eigenvalue weighted by Crippen LogP contribution is 2.26. The van der Waals surface area contributed by atoms with E-state index < -0.39 is 5.54 Å². The highest BCUT2D eigenvalue weighted by atomic mass is 16.5. The van der Waals surface area contributed by atoms with Crippen molar-refractivity contribution < 1.29 is 9.53 Å². The number of hydrogen-bond donors (Lipinski definition) is 1. The van der Waals surface area contributed by atoms with Gasteiger partial charge < -0.3 is 9.64 Å². The maximum Gasteiger partial charge on any atom is 0.326 e. The zero-order chi connectivity index (χ0) is 15.3. The van der Waals surface area contributed by atoms with Crippen LogP contribution in [0, 0.1) is 5.92 Å². The van der Waals surface area contributed by atoms with Crippen LogP contribution in [0.1, 0.15) is 59.3 Å². The molecular formula is C17H32N2O2. The van der Waals surface area contributed by atoms with E-state index in [4.69, 9.17) is 4.74 Å². The second-order valence-electron chi connectivity index (χ2n) is 6.97. The highest BCUT2D eigenvalue weighted by Gasteiger charge is 2.40. The van der Waals surface area contributed by atoms with Gasteiger partial charge in [-0.05, 0) is 58.4 Å². The summed E-state index contributed by atoms with van der Waals surface area (Å²) in [5, 5.41) is 3.51. The number of likely N-dealkylation sites (tertiary alicyclic amines) is 1. The molecule has 1 saturated heterocycles. The molecule has 0 amide bonds. The summed E-state index contributed by atoms with van der Waals surface area (Å²) in [6, 6.07) is 0.519. The third kappa shape index (κ3) is 4.96. The van der Waals surface area contributed by atoms with Gasteiger partial charge in [0.2, 0.25) is 0 Å². The maximum absolute atomic E-state index is 12.3. The Morgan fingerprint density at radius 2 is 2.10 bits per heavy atom. The number of esters is 1. The van der Waals surface area contributed by atoms with Crippen molar-refractivity contribution in [3.05, 3.63) is 0 Å². The fraction of sp³-hybridized carbons (Fsp3) is 0.941. The Morgan fingerprint density at radius 1 is 1.33 bits per heavy atom. The van der Waals surface area contributed by atoms with Gasteiger partial charge in [-0.25, -0.2) is 0 Å². The SMILES string of the molecule is CCCC1CCN(CCC(C)(NC2CC2)C(=O)OCC)C1. The molecule has 122 valence electrons. The Bertz CT molecular complexity index is 344.